The number of amides is 1. The summed E-state index contributed by atoms with van der Waals surface area (Å²) in [6.45, 7) is 2.53. The van der Waals surface area contributed by atoms with Crippen molar-refractivity contribution in [1.29, 1.82) is 0 Å². The minimum absolute atomic E-state index is 0.131. The molecule has 0 atom stereocenters. The second-order valence-electron chi connectivity index (χ2n) is 6.73. The number of fused-ring (bicyclic) bond motifs is 1. The number of H-pyrrole nitrogens is 1. The van der Waals surface area contributed by atoms with Gasteiger partial charge in [-0.25, -0.2) is 4.39 Å². The summed E-state index contributed by atoms with van der Waals surface area (Å²) >= 11 is 0. The van der Waals surface area contributed by atoms with E-state index in [2.05, 4.69) is 21.4 Å². The van der Waals surface area contributed by atoms with Crippen molar-refractivity contribution in [3.63, 3.8) is 0 Å². The Kier molecular flexibility index (Phi) is 4.89. The topological polar surface area (TPSA) is 57.8 Å². The van der Waals surface area contributed by atoms with Gasteiger partial charge in [0, 0.05) is 35.4 Å². The largest absolute Gasteiger partial charge is 0.354 e. The first-order valence-corrected chi connectivity index (χ1v) is 9.18. The van der Waals surface area contributed by atoms with Crippen LogP contribution in [0, 0.1) is 12.7 Å². The monoisotopic (exact) mass is 373 g/mol. The molecular weight excluding hydrogens is 353 g/mol. The van der Waals surface area contributed by atoms with Crippen LogP contribution in [0.5, 0.6) is 0 Å². The molecule has 5 heteroatoms. The van der Waals surface area contributed by atoms with Crippen LogP contribution < -0.4 is 5.32 Å². The summed E-state index contributed by atoms with van der Waals surface area (Å²) < 4.78 is 14.2. The van der Waals surface area contributed by atoms with Crippen LogP contribution >= 0.6 is 0 Å². The molecule has 2 aromatic carbocycles. The Morgan fingerprint density at radius 1 is 1.14 bits per heavy atom. The van der Waals surface area contributed by atoms with Crippen LogP contribution in [0.25, 0.3) is 22.2 Å². The van der Waals surface area contributed by atoms with Crippen molar-refractivity contribution in [1.82, 2.24) is 15.3 Å². The summed E-state index contributed by atoms with van der Waals surface area (Å²) in [5.74, 6) is -0.371. The fourth-order valence-corrected chi connectivity index (χ4v) is 3.38. The molecule has 0 aliphatic rings. The third-order valence-electron chi connectivity index (χ3n) is 4.89. The van der Waals surface area contributed by atoms with Crippen LogP contribution in [0.15, 0.2) is 67.0 Å². The zero-order valence-electron chi connectivity index (χ0n) is 15.5. The minimum atomic E-state index is -0.240. The average molecular weight is 373 g/mol. The molecule has 4 aromatic rings. The van der Waals surface area contributed by atoms with Gasteiger partial charge in [0.1, 0.15) is 5.82 Å². The van der Waals surface area contributed by atoms with Crippen LogP contribution in [0.2, 0.25) is 0 Å². The van der Waals surface area contributed by atoms with E-state index in [1.165, 1.54) is 6.07 Å². The maximum Gasteiger partial charge on any atom is 0.252 e. The number of hydrogen-bond acceptors (Lipinski definition) is 2. The van der Waals surface area contributed by atoms with E-state index in [0.29, 0.717) is 24.1 Å². The van der Waals surface area contributed by atoms with Gasteiger partial charge in [-0.05, 0) is 60.9 Å². The minimum Gasteiger partial charge on any atom is -0.354 e. The van der Waals surface area contributed by atoms with Crippen molar-refractivity contribution >= 4 is 16.8 Å². The Labute approximate surface area is 162 Å². The van der Waals surface area contributed by atoms with Gasteiger partial charge in [-0.3, -0.25) is 9.78 Å². The molecule has 0 unspecified atom stereocenters. The van der Waals surface area contributed by atoms with Crippen LogP contribution in [0.1, 0.15) is 21.5 Å². The molecular formula is C23H20FN3O. The summed E-state index contributed by atoms with van der Waals surface area (Å²) in [7, 11) is 0. The van der Waals surface area contributed by atoms with Crippen molar-refractivity contribution in [2.24, 2.45) is 0 Å². The molecule has 0 saturated heterocycles. The SMILES string of the molecule is Cc1c(-c2ccccc2F)[nH]c2ccc(CCNC(=O)c3cccnc3)cc12. The molecule has 0 aliphatic heterocycles. The molecule has 0 aliphatic carbocycles. The second-order valence-corrected chi connectivity index (χ2v) is 6.73. The number of aromatic nitrogens is 2. The molecule has 0 saturated carbocycles. The number of aromatic amines is 1. The Hall–Kier alpha value is -3.47. The van der Waals surface area contributed by atoms with Gasteiger partial charge >= 0.3 is 0 Å². The summed E-state index contributed by atoms with van der Waals surface area (Å²) in [4.78, 5) is 19.4. The molecule has 4 nitrogen and oxygen atoms in total. The number of benzene rings is 2. The van der Waals surface area contributed by atoms with E-state index >= 15 is 0 Å². The van der Waals surface area contributed by atoms with E-state index in [-0.39, 0.29) is 11.7 Å². The molecule has 2 heterocycles. The molecule has 140 valence electrons. The maximum absolute atomic E-state index is 14.2. The number of halogens is 1. The fraction of sp³-hybridized carbons (Fsp3) is 0.130. The molecule has 28 heavy (non-hydrogen) atoms. The molecule has 4 rings (SSSR count). The number of carbonyl (C=O) groups is 1. The Bertz CT molecular complexity index is 1140. The summed E-state index contributed by atoms with van der Waals surface area (Å²) in [6.07, 6.45) is 3.90. The third kappa shape index (κ3) is 3.51. The Morgan fingerprint density at radius 2 is 2.00 bits per heavy atom. The Balaban J connectivity index is 1.51. The van der Waals surface area contributed by atoms with Crippen molar-refractivity contribution in [2.45, 2.75) is 13.3 Å². The van der Waals surface area contributed by atoms with E-state index < -0.39 is 0 Å². The average Bonchev–Trinajstić information content (AvgIpc) is 3.05. The Morgan fingerprint density at radius 3 is 2.79 bits per heavy atom. The van der Waals surface area contributed by atoms with Gasteiger partial charge in [-0.2, -0.15) is 0 Å². The molecule has 2 aromatic heterocycles. The lowest BCUT2D eigenvalue weighted by Crippen LogP contribution is -2.25. The summed E-state index contributed by atoms with van der Waals surface area (Å²) in [6, 6.07) is 16.4. The fourth-order valence-electron chi connectivity index (χ4n) is 3.38. The molecule has 1 amide bonds. The number of aryl methyl sites for hydroxylation is 1. The van der Waals surface area contributed by atoms with Crippen molar-refractivity contribution in [2.75, 3.05) is 6.54 Å². The number of hydrogen-bond donors (Lipinski definition) is 2. The molecule has 0 spiro atoms. The molecule has 2 N–H and O–H groups in total. The van der Waals surface area contributed by atoms with Crippen LogP contribution in [0.3, 0.4) is 0 Å². The number of nitrogens with zero attached hydrogens (tertiary/aromatic N) is 1. The van der Waals surface area contributed by atoms with E-state index in [9.17, 15) is 9.18 Å². The van der Waals surface area contributed by atoms with Crippen LogP contribution in [-0.2, 0) is 6.42 Å². The maximum atomic E-state index is 14.2. The lowest BCUT2D eigenvalue weighted by atomic mass is 10.0. The standard InChI is InChI=1S/C23H20FN3O/c1-15-19-13-16(10-12-26-23(28)17-5-4-11-25-14-17)8-9-21(19)27-22(15)18-6-2-3-7-20(18)24/h2-9,11,13-14,27H,10,12H2,1H3,(H,26,28). The van der Waals surface area contributed by atoms with Crippen molar-refractivity contribution in [3.8, 4) is 11.3 Å². The highest BCUT2D eigenvalue weighted by Crippen LogP contribution is 2.31. The number of pyridine rings is 1. The highest BCUT2D eigenvalue weighted by atomic mass is 19.1. The summed E-state index contributed by atoms with van der Waals surface area (Å²) in [5.41, 5.74) is 5.02. The molecule has 0 bridgehead atoms. The van der Waals surface area contributed by atoms with Crippen LogP contribution in [-0.4, -0.2) is 22.4 Å². The molecule has 0 fully saturated rings. The third-order valence-corrected chi connectivity index (χ3v) is 4.89. The first-order chi connectivity index (χ1) is 13.6. The highest BCUT2D eigenvalue weighted by molar-refractivity contribution is 5.94. The van der Waals surface area contributed by atoms with Gasteiger partial charge in [0.05, 0.1) is 11.3 Å². The lowest BCUT2D eigenvalue weighted by molar-refractivity contribution is 0.0954. The van der Waals surface area contributed by atoms with E-state index in [4.69, 9.17) is 0 Å². The van der Waals surface area contributed by atoms with Gasteiger partial charge in [0.15, 0.2) is 0 Å². The first-order valence-electron chi connectivity index (χ1n) is 9.18. The van der Waals surface area contributed by atoms with Gasteiger partial charge < -0.3 is 10.3 Å². The van der Waals surface area contributed by atoms with Gasteiger partial charge in [0.25, 0.3) is 5.91 Å². The number of rotatable bonds is 5. The van der Waals surface area contributed by atoms with Crippen LogP contribution in [0.4, 0.5) is 4.39 Å². The number of nitrogens with one attached hydrogen (secondary N) is 2. The second kappa shape index (κ2) is 7.64. The zero-order chi connectivity index (χ0) is 19.5. The van der Waals surface area contributed by atoms with Crippen molar-refractivity contribution in [3.05, 3.63) is 89.5 Å². The zero-order valence-corrected chi connectivity index (χ0v) is 15.5. The van der Waals surface area contributed by atoms with Gasteiger partial charge in [-0.15, -0.1) is 0 Å². The highest BCUT2D eigenvalue weighted by Gasteiger charge is 2.13. The van der Waals surface area contributed by atoms with E-state index in [0.717, 1.165) is 27.7 Å². The normalized spacial score (nSPS) is 10.9. The van der Waals surface area contributed by atoms with E-state index in [1.54, 1.807) is 36.7 Å². The summed E-state index contributed by atoms with van der Waals surface area (Å²) in [5, 5.41) is 3.98. The van der Waals surface area contributed by atoms with E-state index in [1.807, 2.05) is 25.1 Å². The predicted molar refractivity (Wildman–Crippen MR) is 109 cm³/mol. The quantitative estimate of drug-likeness (QED) is 0.535. The van der Waals surface area contributed by atoms with Crippen molar-refractivity contribution < 1.29 is 9.18 Å². The first kappa shape index (κ1) is 17.9. The lowest BCUT2D eigenvalue weighted by Gasteiger charge is -2.06. The van der Waals surface area contributed by atoms with Gasteiger partial charge in [0.2, 0.25) is 0 Å². The molecule has 0 radical (unpaired) electrons. The van der Waals surface area contributed by atoms with Gasteiger partial charge in [-0.1, -0.05) is 18.2 Å². The number of carbonyl (C=O) groups excluding carboxylic acids is 1. The smallest absolute Gasteiger partial charge is 0.252 e. The predicted octanol–water partition coefficient (Wildman–Crippen LogP) is 4.65.